The maximum Gasteiger partial charge on any atom is 2.00 e. The van der Waals surface area contributed by atoms with Crippen LogP contribution in [0, 0.1) is 7.43 Å². The number of fused-ring (bicyclic) bond motifs is 2. The van der Waals surface area contributed by atoms with Gasteiger partial charge in [-0.1, -0.05) is 117 Å². The second-order valence-corrected chi connectivity index (χ2v) is 15.6. The Labute approximate surface area is 400 Å². The summed E-state index contributed by atoms with van der Waals surface area (Å²) in [5, 5.41) is 20.1. The average molecular weight is 953 g/mol. The first-order valence-corrected chi connectivity index (χ1v) is 20.8. The van der Waals surface area contributed by atoms with E-state index in [0.29, 0.717) is 5.56 Å². The molecule has 0 radical (unpaired) electrons. The van der Waals surface area contributed by atoms with Crippen LogP contribution in [0.15, 0.2) is 158 Å². The van der Waals surface area contributed by atoms with E-state index in [1.165, 1.54) is 42.5 Å². The van der Waals surface area contributed by atoms with Crippen LogP contribution in [0.5, 0.6) is 0 Å². The van der Waals surface area contributed by atoms with E-state index in [-0.39, 0.29) is 58.8 Å². The maximum atomic E-state index is 11.6. The Bertz CT molecular complexity index is 2300. The number of halogens is 1. The van der Waals surface area contributed by atoms with E-state index in [9.17, 15) is 9.90 Å². The van der Waals surface area contributed by atoms with Crippen molar-refractivity contribution in [2.24, 2.45) is 0 Å². The van der Waals surface area contributed by atoms with Crippen molar-refractivity contribution >= 4 is 73.5 Å². The Balaban J connectivity index is 0.000000416. The van der Waals surface area contributed by atoms with Gasteiger partial charge in [0.15, 0.2) is 0 Å². The van der Waals surface area contributed by atoms with Crippen LogP contribution >= 0.6 is 0 Å². The van der Waals surface area contributed by atoms with Gasteiger partial charge < -0.3 is 54.9 Å². The number of aliphatic hydroxyl groups is 1. The number of nitrogens with one attached hydrogen (secondary N) is 3. The normalized spacial score (nSPS) is 12.5. The van der Waals surface area contributed by atoms with E-state index in [0.717, 1.165) is 41.5 Å². The monoisotopic (exact) mass is 951 g/mol. The molecule has 0 aromatic heterocycles. The van der Waals surface area contributed by atoms with E-state index in [2.05, 4.69) is 78.3 Å². The van der Waals surface area contributed by atoms with Crippen molar-refractivity contribution in [2.45, 2.75) is 51.6 Å². The zero-order chi connectivity index (χ0) is 43.6. The van der Waals surface area contributed by atoms with Crippen molar-refractivity contribution in [3.8, 4) is 0 Å². The number of rotatable bonds is 6. The topological polar surface area (TPSA) is 166 Å². The molecule has 11 nitrogen and oxygen atoms in total. The molecule has 1 fully saturated rings. The number of benzene rings is 6. The Kier molecular flexibility index (Phi) is 24.5. The number of carbonyl (C=O) groups excluding carboxylic acids is 1. The first kappa shape index (κ1) is 56.2. The van der Waals surface area contributed by atoms with Crippen LogP contribution < -0.4 is 32.9 Å². The van der Waals surface area contributed by atoms with Crippen molar-refractivity contribution < 1.29 is 53.9 Å². The Morgan fingerprint density at radius 3 is 1.48 bits per heavy atom. The predicted molar refractivity (Wildman–Crippen MR) is 254 cm³/mol. The summed E-state index contributed by atoms with van der Waals surface area (Å²) in [4.78, 5) is 11.6. The summed E-state index contributed by atoms with van der Waals surface area (Å²) in [6.07, 6.45) is 2.56. The SMILES string of the molecule is C1CCOC1.CC(C)(O)c1ccccc1Nc1ccccc1.CC1(C)c2ccccc2Nc2ccccc21.COC(=O)c1ccccc1Nc1ccccc1.O=S(=O)(O)O.[Br-].[CH3-].[Mg+2]. The molecule has 0 aliphatic carbocycles. The second kappa shape index (κ2) is 27.4. The van der Waals surface area contributed by atoms with Gasteiger partial charge in [-0.25, -0.2) is 4.79 Å². The van der Waals surface area contributed by atoms with Gasteiger partial charge in [0.2, 0.25) is 0 Å². The molecule has 0 atom stereocenters. The molecule has 0 amide bonds. The van der Waals surface area contributed by atoms with Gasteiger partial charge in [-0.15, -0.1) is 0 Å². The molecular formula is C49H58BrMgN3O8S. The van der Waals surface area contributed by atoms with Crippen molar-refractivity contribution in [1.82, 2.24) is 0 Å². The third kappa shape index (κ3) is 18.8. The van der Waals surface area contributed by atoms with E-state index in [1.807, 2.05) is 103 Å². The van der Waals surface area contributed by atoms with Crippen molar-refractivity contribution in [1.29, 1.82) is 0 Å². The first-order valence-electron chi connectivity index (χ1n) is 19.4. The molecule has 1 saturated heterocycles. The molecule has 2 aliphatic heterocycles. The molecule has 6 N–H and O–H groups in total. The van der Waals surface area contributed by atoms with Crippen molar-refractivity contribution in [2.75, 3.05) is 36.3 Å². The smallest absolute Gasteiger partial charge is 1.00 e. The summed E-state index contributed by atoms with van der Waals surface area (Å²) in [7, 11) is -3.29. The van der Waals surface area contributed by atoms with Crippen LogP contribution in [0.4, 0.5) is 34.1 Å². The minimum absolute atomic E-state index is 0. The van der Waals surface area contributed by atoms with Gasteiger partial charge in [-0.2, -0.15) is 8.42 Å². The minimum Gasteiger partial charge on any atom is -1.00 e. The molecule has 63 heavy (non-hydrogen) atoms. The van der Waals surface area contributed by atoms with Crippen LogP contribution in [0.25, 0.3) is 0 Å². The van der Waals surface area contributed by atoms with Crippen LogP contribution in [-0.2, 0) is 30.9 Å². The van der Waals surface area contributed by atoms with Gasteiger partial charge in [0.25, 0.3) is 0 Å². The molecule has 6 aromatic rings. The Morgan fingerprint density at radius 2 is 1.05 bits per heavy atom. The van der Waals surface area contributed by atoms with E-state index in [1.54, 1.807) is 19.9 Å². The number of ether oxygens (including phenoxy) is 2. The number of esters is 1. The fourth-order valence-electron chi connectivity index (χ4n) is 6.43. The summed E-state index contributed by atoms with van der Waals surface area (Å²) in [6.45, 7) is 10.1. The molecule has 0 spiro atoms. The standard InChI is InChI=1S/C15H17NO.C15H15N.C14H13NO2.C4H8O.CH3.BrH.Mg.H2O4S/c1-15(2,17)13-10-6-7-11-14(13)16-12-8-4-3-5-9-12;1-15(2)11-7-3-5-9-13(11)16-14-10-6-4-8-12(14)15;1-17-14(16)12-9-5-6-10-13(12)15-11-7-3-2-4-8-11;1-2-4-5-3-1;;;;1-5(2,3)4/h3-11,16-17H,1-2H3;3-10,16H,1-2H3;2-10,15H,1H3;1-4H2;1H3;1H;;(H2,1,2,3,4)/q;;;;-1;;+2;/p-1. The molecule has 0 unspecified atom stereocenters. The van der Waals surface area contributed by atoms with Crippen LogP contribution in [0.1, 0.15) is 67.6 Å². The zero-order valence-electron chi connectivity index (χ0n) is 36.7. The summed E-state index contributed by atoms with van der Waals surface area (Å²) < 4.78 is 41.3. The molecule has 8 rings (SSSR count). The van der Waals surface area contributed by atoms with E-state index in [4.69, 9.17) is 27.0 Å². The summed E-state index contributed by atoms with van der Waals surface area (Å²) in [5.41, 5.74) is 9.48. The van der Waals surface area contributed by atoms with Crippen LogP contribution in [-0.4, -0.2) is 72.0 Å². The Morgan fingerprint density at radius 1 is 0.667 bits per heavy atom. The van der Waals surface area contributed by atoms with Crippen molar-refractivity contribution in [3.63, 3.8) is 0 Å². The Hall–Kier alpha value is -4.77. The first-order chi connectivity index (χ1) is 28.6. The third-order valence-electron chi connectivity index (χ3n) is 9.32. The number of hydrogen-bond donors (Lipinski definition) is 6. The number of hydrogen-bond acceptors (Lipinski definition) is 9. The fourth-order valence-corrected chi connectivity index (χ4v) is 6.43. The molecule has 332 valence electrons. The van der Waals surface area contributed by atoms with Crippen molar-refractivity contribution in [3.05, 3.63) is 187 Å². The van der Waals surface area contributed by atoms with Gasteiger partial charge in [0.1, 0.15) is 0 Å². The molecular weight excluding hydrogens is 895 g/mol. The number of carbonyl (C=O) groups is 1. The average Bonchev–Trinajstić information content (AvgIpc) is 3.83. The summed E-state index contributed by atoms with van der Waals surface area (Å²) in [6, 6.07) is 51.8. The third-order valence-corrected chi connectivity index (χ3v) is 9.32. The van der Waals surface area contributed by atoms with E-state index >= 15 is 0 Å². The number of anilines is 6. The number of methoxy groups -OCH3 is 1. The fraction of sp³-hybridized carbons (Fsp3) is 0.224. The quantitative estimate of drug-likeness (QED) is 0.0413. The summed E-state index contributed by atoms with van der Waals surface area (Å²) in [5.74, 6) is -0.343. The molecule has 2 aliphatic rings. The van der Waals surface area contributed by atoms with Crippen LogP contribution in [0.3, 0.4) is 0 Å². The van der Waals surface area contributed by atoms with Gasteiger partial charge in [-0.3, -0.25) is 9.11 Å². The zero-order valence-corrected chi connectivity index (χ0v) is 40.5. The predicted octanol–water partition coefficient (Wildman–Crippen LogP) is 8.16. The summed E-state index contributed by atoms with van der Waals surface area (Å²) >= 11 is 0. The van der Waals surface area contributed by atoms with Gasteiger partial charge in [0, 0.05) is 52.6 Å². The van der Waals surface area contributed by atoms with E-state index < -0.39 is 16.0 Å². The van der Waals surface area contributed by atoms with Gasteiger partial charge in [0.05, 0.1) is 24.0 Å². The van der Waals surface area contributed by atoms with Gasteiger partial charge >= 0.3 is 39.4 Å². The minimum atomic E-state index is -4.67. The van der Waals surface area contributed by atoms with Gasteiger partial charge in [-0.05, 0) is 92.4 Å². The maximum absolute atomic E-state index is 11.6. The molecule has 0 bridgehead atoms. The molecule has 0 saturated carbocycles. The molecule has 14 heteroatoms. The van der Waals surface area contributed by atoms with Crippen LogP contribution in [0.2, 0.25) is 0 Å². The largest absolute Gasteiger partial charge is 2.00 e. The molecule has 6 aromatic carbocycles. The number of para-hydroxylation sites is 6. The second-order valence-electron chi connectivity index (χ2n) is 14.7. The molecule has 2 heterocycles.